The van der Waals surface area contributed by atoms with Gasteiger partial charge in [-0.3, -0.25) is 0 Å². The average molecular weight is 251 g/mol. The molecule has 0 saturated heterocycles. The van der Waals surface area contributed by atoms with Crippen molar-refractivity contribution >= 4 is 35.2 Å². The predicted molar refractivity (Wildman–Crippen MR) is 53.6 cm³/mol. The number of carbonyl (C=O) groups excluding carboxylic acids is 2. The molecule has 0 aliphatic rings. The fourth-order valence-corrected chi connectivity index (χ4v) is 3.30. The second-order valence-corrected chi connectivity index (χ2v) is 11.9. The van der Waals surface area contributed by atoms with Crippen molar-refractivity contribution in [2.45, 2.75) is 18.3 Å². The van der Waals surface area contributed by atoms with Crippen molar-refractivity contribution in [1.29, 1.82) is 0 Å². The van der Waals surface area contributed by atoms with E-state index in [1.165, 1.54) is 6.92 Å². The summed E-state index contributed by atoms with van der Waals surface area (Å²) in [6.45, 7) is 1.63. The molecule has 5 heteroatoms. The summed E-state index contributed by atoms with van der Waals surface area (Å²) in [6.07, 6.45) is 0. The third kappa shape index (κ3) is 8.15. The molecule has 0 spiro atoms. The Labute approximate surface area is 80.9 Å². The molecule has 0 atom stereocenters. The van der Waals surface area contributed by atoms with Crippen LogP contribution in [-0.4, -0.2) is 37.5 Å². The van der Waals surface area contributed by atoms with Crippen LogP contribution < -0.4 is 5.32 Å². The van der Waals surface area contributed by atoms with Crippen molar-refractivity contribution in [1.82, 2.24) is 5.32 Å². The van der Waals surface area contributed by atoms with E-state index in [9.17, 15) is 9.59 Å². The van der Waals surface area contributed by atoms with Crippen LogP contribution in [0.25, 0.3) is 0 Å². The zero-order valence-corrected chi connectivity index (χ0v) is 10.3. The van der Waals surface area contributed by atoms with Crippen molar-refractivity contribution in [3.8, 4) is 0 Å². The van der Waals surface area contributed by atoms with Gasteiger partial charge in [-0.05, 0) is 0 Å². The molecule has 0 saturated carbocycles. The summed E-state index contributed by atoms with van der Waals surface area (Å²) in [7, 11) is 1.71. The van der Waals surface area contributed by atoms with Crippen LogP contribution in [0.4, 0.5) is 0 Å². The molecule has 0 aliphatic carbocycles. The number of carbonyl (C=O) groups is 2. The molecule has 70 valence electrons. The van der Waals surface area contributed by atoms with Gasteiger partial charge in [0.1, 0.15) is 0 Å². The summed E-state index contributed by atoms with van der Waals surface area (Å²) in [6, 6.07) is 0. The summed E-state index contributed by atoms with van der Waals surface area (Å²) in [5.74, 6) is 0.467. The van der Waals surface area contributed by atoms with Crippen LogP contribution in [0.5, 0.6) is 0 Å². The third-order valence-corrected chi connectivity index (χ3v) is 5.96. The van der Waals surface area contributed by atoms with Crippen LogP contribution in [0.15, 0.2) is 0 Å². The molecule has 0 fully saturated rings. The van der Waals surface area contributed by atoms with E-state index in [1.807, 2.05) is 0 Å². The molecule has 0 aromatic carbocycles. The van der Waals surface area contributed by atoms with E-state index in [4.69, 9.17) is 0 Å². The van der Waals surface area contributed by atoms with Crippen molar-refractivity contribution in [3.05, 3.63) is 0 Å². The number of nitrogens with one attached hydrogen (secondary N) is 1. The van der Waals surface area contributed by atoms with E-state index < -0.39 is 13.5 Å². The van der Waals surface area contributed by atoms with E-state index in [0.717, 1.165) is 0 Å². The maximum atomic E-state index is 11.0. The van der Waals surface area contributed by atoms with Gasteiger partial charge in [0.15, 0.2) is 0 Å². The van der Waals surface area contributed by atoms with Gasteiger partial charge in [0.05, 0.1) is 0 Å². The van der Waals surface area contributed by atoms with Crippen molar-refractivity contribution in [3.63, 3.8) is 0 Å². The van der Waals surface area contributed by atoms with Crippen LogP contribution in [0.1, 0.15) is 6.92 Å². The van der Waals surface area contributed by atoms with E-state index >= 15 is 0 Å². The van der Waals surface area contributed by atoms with Gasteiger partial charge in [-0.25, -0.2) is 0 Å². The number of hydrogen-bond acceptors (Lipinski definition) is 3. The molecule has 0 aromatic heterocycles. The molecule has 1 N–H and O–H groups in total. The fourth-order valence-electron chi connectivity index (χ4n) is 0.462. The number of Topliss-reactive ketones (excluding diaryl/α,β-unsaturated/α-hetero) is 1. The molecule has 3 nitrogen and oxygen atoms in total. The van der Waals surface area contributed by atoms with Gasteiger partial charge in [-0.15, -0.1) is 0 Å². The first kappa shape index (κ1) is 12.0. The zero-order chi connectivity index (χ0) is 9.56. The monoisotopic (exact) mass is 251 g/mol. The van der Waals surface area contributed by atoms with Gasteiger partial charge in [-0.2, -0.15) is 0 Å². The number of rotatable bonds is 5. The van der Waals surface area contributed by atoms with Crippen molar-refractivity contribution < 1.29 is 9.59 Å². The predicted octanol–water partition coefficient (Wildman–Crippen LogP) is 0.676. The standard InChI is InChI=1S/C7H14AsNO2S/c1-6(10)4-9-7(11)5-12-8(2)3/h4-5H2,1-3H3,(H,9,11). The summed E-state index contributed by atoms with van der Waals surface area (Å²) >= 11 is -0.763. The maximum absolute atomic E-state index is 11.0. The first-order chi connectivity index (χ1) is 5.52. The van der Waals surface area contributed by atoms with Crippen LogP contribution in [0.3, 0.4) is 0 Å². The summed E-state index contributed by atoms with van der Waals surface area (Å²) in [4.78, 5) is 21.5. The summed E-state index contributed by atoms with van der Waals surface area (Å²) in [5, 5.41) is 2.55. The Morgan fingerprint density at radius 1 is 1.42 bits per heavy atom. The summed E-state index contributed by atoms with van der Waals surface area (Å²) < 4.78 is 0. The Bertz CT molecular complexity index is 173. The zero-order valence-electron chi connectivity index (χ0n) is 7.59. The molecule has 0 unspecified atom stereocenters. The van der Waals surface area contributed by atoms with E-state index in [1.54, 1.807) is 10.0 Å². The van der Waals surface area contributed by atoms with Gasteiger partial charge < -0.3 is 0 Å². The quantitative estimate of drug-likeness (QED) is 0.731. The molecular formula is C7H14AsNO2S. The van der Waals surface area contributed by atoms with E-state index in [2.05, 4.69) is 16.7 Å². The van der Waals surface area contributed by atoms with Crippen LogP contribution >= 0.6 is 10.0 Å². The third-order valence-electron chi connectivity index (χ3n) is 0.988. The molecular weight excluding hydrogens is 237 g/mol. The summed E-state index contributed by atoms with van der Waals surface area (Å²) in [5.41, 5.74) is 4.35. The minimum atomic E-state index is -0.763. The second-order valence-electron chi connectivity index (χ2n) is 2.56. The number of amides is 1. The molecule has 0 heterocycles. The van der Waals surface area contributed by atoms with E-state index in [0.29, 0.717) is 5.75 Å². The van der Waals surface area contributed by atoms with Crippen molar-refractivity contribution in [2.24, 2.45) is 0 Å². The van der Waals surface area contributed by atoms with Crippen LogP contribution in [0.2, 0.25) is 11.4 Å². The average Bonchev–Trinajstić information content (AvgIpc) is 1.96. The van der Waals surface area contributed by atoms with Crippen LogP contribution in [0, 0.1) is 0 Å². The number of ketones is 1. The molecule has 12 heavy (non-hydrogen) atoms. The van der Waals surface area contributed by atoms with Gasteiger partial charge in [-0.1, -0.05) is 0 Å². The molecule has 0 bridgehead atoms. The van der Waals surface area contributed by atoms with Gasteiger partial charge >= 0.3 is 80.8 Å². The second kappa shape index (κ2) is 6.55. The first-order valence-electron chi connectivity index (χ1n) is 3.58. The molecule has 0 aliphatic heterocycles. The van der Waals surface area contributed by atoms with Crippen molar-refractivity contribution in [2.75, 3.05) is 12.3 Å². The Morgan fingerprint density at radius 2 is 2.00 bits per heavy atom. The van der Waals surface area contributed by atoms with Crippen LogP contribution in [-0.2, 0) is 9.59 Å². The SMILES string of the molecule is CC(=O)CNC(=O)CS[As](C)C. The fraction of sp³-hybridized carbons (Fsp3) is 0.714. The van der Waals surface area contributed by atoms with E-state index in [-0.39, 0.29) is 18.2 Å². The van der Waals surface area contributed by atoms with Gasteiger partial charge in [0.2, 0.25) is 0 Å². The molecule has 0 radical (unpaired) electrons. The Kier molecular flexibility index (Phi) is 6.58. The minimum absolute atomic E-state index is 0.00393. The Morgan fingerprint density at radius 3 is 2.42 bits per heavy atom. The first-order valence-corrected chi connectivity index (χ1v) is 10.6. The Hall–Kier alpha value is 0.0484. The number of hydrogen-bond donors (Lipinski definition) is 1. The van der Waals surface area contributed by atoms with Gasteiger partial charge in [0.25, 0.3) is 0 Å². The van der Waals surface area contributed by atoms with Gasteiger partial charge in [0, 0.05) is 0 Å². The molecule has 0 rings (SSSR count). The molecule has 1 amide bonds. The topological polar surface area (TPSA) is 46.2 Å². The Balaban J connectivity index is 3.40. The molecule has 0 aromatic rings. The normalized spacial score (nSPS) is 10.0.